The number of carbonyl (C=O) groups excluding carboxylic acids is 2. The Morgan fingerprint density at radius 3 is 2.04 bits per heavy atom. The van der Waals surface area contributed by atoms with Gasteiger partial charge in [-0.15, -0.1) is 0 Å². The Hall–Kier alpha value is -3.95. The van der Waals surface area contributed by atoms with Crippen molar-refractivity contribution < 1.29 is 18.0 Å². The van der Waals surface area contributed by atoms with Gasteiger partial charge in [-0.3, -0.25) is 13.9 Å². The fourth-order valence-electron chi connectivity index (χ4n) is 5.16. The quantitative estimate of drug-likeness (QED) is 0.187. The van der Waals surface area contributed by atoms with Crippen molar-refractivity contribution in [2.75, 3.05) is 10.8 Å². The summed E-state index contributed by atoms with van der Waals surface area (Å²) in [6, 6.07) is 29.7. The lowest BCUT2D eigenvalue weighted by Gasteiger charge is -2.35. The maximum atomic E-state index is 14.6. The number of hydrogen-bond donors (Lipinski definition) is 1. The molecule has 4 aromatic rings. The number of nitrogens with zero attached hydrogens (tertiary/aromatic N) is 2. The summed E-state index contributed by atoms with van der Waals surface area (Å²) in [6.07, 6.45) is 0.248. The molecule has 0 unspecified atom stereocenters. The minimum absolute atomic E-state index is 0.0719. The van der Waals surface area contributed by atoms with Crippen LogP contribution in [0.15, 0.2) is 112 Å². The largest absolute Gasteiger partial charge is 0.350 e. The molecule has 0 aromatic heterocycles. The Kier molecular flexibility index (Phi) is 10.9. The van der Waals surface area contributed by atoms with E-state index < -0.39 is 34.1 Å². The molecule has 0 fully saturated rings. The minimum atomic E-state index is -4.15. The van der Waals surface area contributed by atoms with Gasteiger partial charge in [-0.05, 0) is 81.6 Å². The van der Waals surface area contributed by atoms with E-state index in [2.05, 4.69) is 21.2 Å². The molecule has 4 rings (SSSR count). The molecule has 0 aliphatic heterocycles. The van der Waals surface area contributed by atoms with Crippen LogP contribution in [0.3, 0.4) is 0 Å². The van der Waals surface area contributed by atoms with Crippen LogP contribution in [0.25, 0.3) is 0 Å². The highest BCUT2D eigenvalue weighted by Gasteiger charge is 2.36. The number of nitrogens with one attached hydrogen (secondary N) is 1. The number of aryl methyl sites for hydroxylation is 2. The van der Waals surface area contributed by atoms with E-state index >= 15 is 0 Å². The summed E-state index contributed by atoms with van der Waals surface area (Å²) < 4.78 is 30.4. The lowest BCUT2D eigenvalue weighted by Crippen LogP contribution is -2.56. The fourth-order valence-corrected chi connectivity index (χ4v) is 7.10. The lowest BCUT2D eigenvalue weighted by molar-refractivity contribution is -0.140. The number of amides is 2. The average molecular weight is 691 g/mol. The Labute approximate surface area is 275 Å². The van der Waals surface area contributed by atoms with E-state index in [-0.39, 0.29) is 23.8 Å². The molecule has 0 aliphatic carbocycles. The summed E-state index contributed by atoms with van der Waals surface area (Å²) in [5.41, 5.74) is 3.20. The second-order valence-electron chi connectivity index (χ2n) is 12.2. The van der Waals surface area contributed by atoms with Crippen LogP contribution in [-0.2, 0) is 32.6 Å². The number of benzene rings is 4. The number of halogens is 1. The molecule has 0 saturated carbocycles. The predicted octanol–water partition coefficient (Wildman–Crippen LogP) is 6.82. The highest BCUT2D eigenvalue weighted by molar-refractivity contribution is 9.10. The normalized spacial score (nSPS) is 12.3. The number of carbonyl (C=O) groups is 2. The predicted molar refractivity (Wildman–Crippen MR) is 183 cm³/mol. The molecule has 1 atom stereocenters. The van der Waals surface area contributed by atoms with Gasteiger partial charge >= 0.3 is 0 Å². The molecule has 1 N–H and O–H groups in total. The van der Waals surface area contributed by atoms with Crippen LogP contribution in [0.5, 0.6) is 0 Å². The van der Waals surface area contributed by atoms with Crippen molar-refractivity contribution in [2.45, 2.75) is 64.1 Å². The molecule has 0 heterocycles. The summed E-state index contributed by atoms with van der Waals surface area (Å²) in [5.74, 6) is -0.821. The second-order valence-corrected chi connectivity index (χ2v) is 15.0. The number of sulfonamides is 1. The van der Waals surface area contributed by atoms with Crippen molar-refractivity contribution in [3.63, 3.8) is 0 Å². The van der Waals surface area contributed by atoms with E-state index in [1.165, 1.54) is 17.0 Å². The van der Waals surface area contributed by atoms with Crippen molar-refractivity contribution in [1.82, 2.24) is 10.2 Å². The van der Waals surface area contributed by atoms with Crippen LogP contribution < -0.4 is 9.62 Å². The van der Waals surface area contributed by atoms with Gasteiger partial charge < -0.3 is 10.2 Å². The van der Waals surface area contributed by atoms with Crippen molar-refractivity contribution >= 4 is 43.5 Å². The molecular formula is C36H40BrN3O4S. The third kappa shape index (κ3) is 9.05. The standard InChI is InChI=1S/C36H40BrN3O4S/c1-26-19-20-32(27(2)21-26)40(45(43,44)31-17-10-7-11-18-31)25-34(41)39(24-29-15-12-16-30(37)22-29)33(35(42)38-36(3,4)5)23-28-13-8-6-9-14-28/h6-22,33H,23-25H2,1-5H3,(H,38,42)/t33-/m0/s1. The molecule has 0 bridgehead atoms. The summed E-state index contributed by atoms with van der Waals surface area (Å²) >= 11 is 3.51. The van der Waals surface area contributed by atoms with E-state index in [9.17, 15) is 18.0 Å². The van der Waals surface area contributed by atoms with E-state index in [4.69, 9.17) is 0 Å². The summed E-state index contributed by atoms with van der Waals surface area (Å²) in [7, 11) is -4.15. The van der Waals surface area contributed by atoms with Gasteiger partial charge in [0.1, 0.15) is 12.6 Å². The van der Waals surface area contributed by atoms with Gasteiger partial charge in [0.15, 0.2) is 0 Å². The van der Waals surface area contributed by atoms with Crippen LogP contribution >= 0.6 is 15.9 Å². The molecule has 0 spiro atoms. The first-order chi connectivity index (χ1) is 21.2. The Balaban J connectivity index is 1.84. The van der Waals surface area contributed by atoms with Crippen LogP contribution in [0.1, 0.15) is 43.0 Å². The van der Waals surface area contributed by atoms with Gasteiger partial charge in [-0.2, -0.15) is 0 Å². The van der Waals surface area contributed by atoms with E-state index in [0.29, 0.717) is 11.3 Å². The van der Waals surface area contributed by atoms with Crippen molar-refractivity contribution in [2.24, 2.45) is 0 Å². The highest BCUT2D eigenvalue weighted by Crippen LogP contribution is 2.29. The zero-order chi connectivity index (χ0) is 32.8. The molecule has 9 heteroatoms. The zero-order valence-electron chi connectivity index (χ0n) is 26.3. The van der Waals surface area contributed by atoms with Gasteiger partial charge in [-0.1, -0.05) is 94.3 Å². The van der Waals surface area contributed by atoms with E-state index in [1.807, 2.05) is 101 Å². The van der Waals surface area contributed by atoms with Crippen LogP contribution in [-0.4, -0.2) is 43.3 Å². The average Bonchev–Trinajstić information content (AvgIpc) is 2.98. The Morgan fingerprint density at radius 1 is 0.822 bits per heavy atom. The SMILES string of the molecule is Cc1ccc(N(CC(=O)N(Cc2cccc(Br)c2)[C@@H](Cc2ccccc2)C(=O)NC(C)(C)C)S(=O)(=O)c2ccccc2)c(C)c1. The molecule has 7 nitrogen and oxygen atoms in total. The number of anilines is 1. The highest BCUT2D eigenvalue weighted by atomic mass is 79.9. The molecular weight excluding hydrogens is 650 g/mol. The summed E-state index contributed by atoms with van der Waals surface area (Å²) in [6.45, 7) is 9.02. The molecule has 2 amide bonds. The number of hydrogen-bond acceptors (Lipinski definition) is 4. The van der Waals surface area contributed by atoms with Crippen LogP contribution in [0.4, 0.5) is 5.69 Å². The summed E-state index contributed by atoms with van der Waals surface area (Å²) in [4.78, 5) is 30.2. The Bertz CT molecular complexity index is 1740. The third-order valence-electron chi connectivity index (χ3n) is 7.24. The first-order valence-electron chi connectivity index (χ1n) is 14.8. The molecule has 0 saturated heterocycles. The van der Waals surface area contributed by atoms with Crippen molar-refractivity contribution in [3.8, 4) is 0 Å². The second kappa shape index (κ2) is 14.4. The van der Waals surface area contributed by atoms with Gasteiger partial charge in [0.2, 0.25) is 11.8 Å². The van der Waals surface area contributed by atoms with Gasteiger partial charge in [-0.25, -0.2) is 8.42 Å². The smallest absolute Gasteiger partial charge is 0.264 e. The molecule has 236 valence electrons. The fraction of sp³-hybridized carbons (Fsp3) is 0.278. The van der Waals surface area contributed by atoms with E-state index in [0.717, 1.165) is 25.5 Å². The van der Waals surface area contributed by atoms with Crippen LogP contribution in [0, 0.1) is 13.8 Å². The number of rotatable bonds is 11. The molecule has 0 radical (unpaired) electrons. The molecule has 45 heavy (non-hydrogen) atoms. The first-order valence-corrected chi connectivity index (χ1v) is 17.0. The van der Waals surface area contributed by atoms with Gasteiger partial charge in [0.25, 0.3) is 10.0 Å². The molecule has 4 aromatic carbocycles. The zero-order valence-corrected chi connectivity index (χ0v) is 28.7. The Morgan fingerprint density at radius 2 is 1.44 bits per heavy atom. The van der Waals surface area contributed by atoms with Crippen molar-refractivity contribution in [3.05, 3.63) is 130 Å². The first kappa shape index (κ1) is 33.9. The van der Waals surface area contributed by atoms with Crippen molar-refractivity contribution in [1.29, 1.82) is 0 Å². The topological polar surface area (TPSA) is 86.8 Å². The van der Waals surface area contributed by atoms with E-state index in [1.54, 1.807) is 24.3 Å². The van der Waals surface area contributed by atoms with Gasteiger partial charge in [0, 0.05) is 23.0 Å². The monoisotopic (exact) mass is 689 g/mol. The third-order valence-corrected chi connectivity index (χ3v) is 9.51. The van der Waals surface area contributed by atoms with Gasteiger partial charge in [0.05, 0.1) is 10.6 Å². The van der Waals surface area contributed by atoms with Crippen LogP contribution in [0.2, 0.25) is 0 Å². The maximum absolute atomic E-state index is 14.6. The maximum Gasteiger partial charge on any atom is 0.264 e. The molecule has 0 aliphatic rings. The minimum Gasteiger partial charge on any atom is -0.350 e. The summed E-state index contributed by atoms with van der Waals surface area (Å²) in [5, 5.41) is 3.05. The lowest BCUT2D eigenvalue weighted by atomic mass is 10.0.